The number of aromatic amines is 1. The van der Waals surface area contributed by atoms with Gasteiger partial charge in [0.2, 0.25) is 0 Å². The number of aromatic nitrogens is 1. The molecule has 2 N–H and O–H groups in total. The average molecular weight is 258 g/mol. The van der Waals surface area contributed by atoms with Crippen LogP contribution in [0.25, 0.3) is 0 Å². The van der Waals surface area contributed by atoms with Gasteiger partial charge in [0, 0.05) is 18.9 Å². The Labute approximate surface area is 101 Å². The molecule has 2 rings (SSSR count). The van der Waals surface area contributed by atoms with Gasteiger partial charge in [0.15, 0.2) is 0 Å². The summed E-state index contributed by atoms with van der Waals surface area (Å²) in [5.41, 5.74) is -0.210. The summed E-state index contributed by atoms with van der Waals surface area (Å²) in [5.74, 6) is -0.710. The highest BCUT2D eigenvalue weighted by atomic mass is 19.4. The number of anilines is 1. The van der Waals surface area contributed by atoms with Crippen LogP contribution in [0.1, 0.15) is 11.1 Å². The second-order valence-corrected chi connectivity index (χ2v) is 3.77. The van der Waals surface area contributed by atoms with Crippen molar-refractivity contribution < 1.29 is 17.6 Å². The molecule has 2 nitrogen and oxygen atoms in total. The zero-order valence-corrected chi connectivity index (χ0v) is 9.18. The molecule has 1 heterocycles. The van der Waals surface area contributed by atoms with Crippen molar-refractivity contribution in [3.8, 4) is 0 Å². The van der Waals surface area contributed by atoms with E-state index in [9.17, 15) is 17.6 Å². The molecular weight excluding hydrogens is 248 g/mol. The Balaban J connectivity index is 2.16. The van der Waals surface area contributed by atoms with Gasteiger partial charge in [0.25, 0.3) is 0 Å². The predicted octanol–water partition coefficient (Wildman–Crippen LogP) is 3.78. The lowest BCUT2D eigenvalue weighted by Gasteiger charge is -2.11. The van der Waals surface area contributed by atoms with Gasteiger partial charge in [0.05, 0.1) is 11.3 Å². The molecule has 0 unspecified atom stereocenters. The first kappa shape index (κ1) is 12.5. The van der Waals surface area contributed by atoms with Gasteiger partial charge < -0.3 is 10.3 Å². The Morgan fingerprint density at radius 2 is 1.94 bits per heavy atom. The molecule has 1 aromatic heterocycles. The fourth-order valence-electron chi connectivity index (χ4n) is 1.50. The van der Waals surface area contributed by atoms with Gasteiger partial charge in [-0.05, 0) is 29.8 Å². The Hall–Kier alpha value is -1.98. The van der Waals surface area contributed by atoms with Crippen molar-refractivity contribution in [1.29, 1.82) is 0 Å². The highest BCUT2D eigenvalue weighted by Crippen LogP contribution is 2.31. The molecule has 0 saturated carbocycles. The highest BCUT2D eigenvalue weighted by Gasteiger charge is 2.31. The fourth-order valence-corrected chi connectivity index (χ4v) is 1.50. The topological polar surface area (TPSA) is 27.8 Å². The van der Waals surface area contributed by atoms with E-state index in [0.717, 1.165) is 23.8 Å². The van der Waals surface area contributed by atoms with Crippen LogP contribution < -0.4 is 5.32 Å². The summed E-state index contributed by atoms with van der Waals surface area (Å²) in [6.07, 6.45) is -1.11. The molecule has 6 heteroatoms. The van der Waals surface area contributed by atoms with Crippen LogP contribution >= 0.6 is 0 Å². The maximum atomic E-state index is 13.3. The monoisotopic (exact) mass is 258 g/mol. The van der Waals surface area contributed by atoms with E-state index in [1.165, 1.54) is 0 Å². The molecule has 18 heavy (non-hydrogen) atoms. The van der Waals surface area contributed by atoms with E-state index in [1.807, 2.05) is 0 Å². The van der Waals surface area contributed by atoms with Crippen LogP contribution in [0.2, 0.25) is 0 Å². The number of hydrogen-bond donors (Lipinski definition) is 2. The lowest BCUT2D eigenvalue weighted by Crippen LogP contribution is -2.07. The SMILES string of the molecule is Fc1ccc(C(F)(F)F)cc1NCc1cc[nH]c1. The van der Waals surface area contributed by atoms with Gasteiger partial charge in [-0.2, -0.15) is 13.2 Å². The Kier molecular flexibility index (Phi) is 3.27. The Bertz CT molecular complexity index is 517. The highest BCUT2D eigenvalue weighted by molar-refractivity contribution is 5.48. The fraction of sp³-hybridized carbons (Fsp3) is 0.167. The minimum absolute atomic E-state index is 0.161. The van der Waals surface area contributed by atoms with Gasteiger partial charge in [0.1, 0.15) is 5.82 Å². The number of halogens is 4. The first-order valence-electron chi connectivity index (χ1n) is 5.19. The summed E-state index contributed by atoms with van der Waals surface area (Å²) in [6, 6.07) is 4.04. The van der Waals surface area contributed by atoms with Crippen LogP contribution in [-0.4, -0.2) is 4.98 Å². The molecule has 0 amide bonds. The van der Waals surface area contributed by atoms with Gasteiger partial charge >= 0.3 is 6.18 Å². The molecule has 0 aliphatic carbocycles. The van der Waals surface area contributed by atoms with Gasteiger partial charge in [-0.1, -0.05) is 0 Å². The number of alkyl halides is 3. The quantitative estimate of drug-likeness (QED) is 0.805. The first-order chi connectivity index (χ1) is 8.47. The molecule has 0 saturated heterocycles. The number of nitrogens with one attached hydrogen (secondary N) is 2. The number of H-pyrrole nitrogens is 1. The third-order valence-corrected chi connectivity index (χ3v) is 2.44. The number of hydrogen-bond acceptors (Lipinski definition) is 1. The van der Waals surface area contributed by atoms with Crippen LogP contribution in [0, 0.1) is 5.82 Å². The van der Waals surface area contributed by atoms with Crippen molar-refractivity contribution in [2.24, 2.45) is 0 Å². The summed E-state index contributed by atoms with van der Waals surface area (Å²) < 4.78 is 50.7. The largest absolute Gasteiger partial charge is 0.416 e. The molecule has 0 bridgehead atoms. The van der Waals surface area contributed by atoms with Gasteiger partial charge in [-0.3, -0.25) is 0 Å². The first-order valence-corrected chi connectivity index (χ1v) is 5.19. The molecule has 0 aliphatic heterocycles. The van der Waals surface area contributed by atoms with Crippen molar-refractivity contribution in [3.63, 3.8) is 0 Å². The van der Waals surface area contributed by atoms with Crippen LogP contribution in [0.4, 0.5) is 23.2 Å². The van der Waals surface area contributed by atoms with E-state index in [2.05, 4.69) is 10.3 Å². The lowest BCUT2D eigenvalue weighted by molar-refractivity contribution is -0.137. The summed E-state index contributed by atoms with van der Waals surface area (Å²) in [6.45, 7) is 0.252. The second kappa shape index (κ2) is 4.72. The van der Waals surface area contributed by atoms with Crippen LogP contribution in [-0.2, 0) is 12.7 Å². The third-order valence-electron chi connectivity index (χ3n) is 2.44. The van der Waals surface area contributed by atoms with Crippen LogP contribution in [0.3, 0.4) is 0 Å². The van der Waals surface area contributed by atoms with E-state index >= 15 is 0 Å². The van der Waals surface area contributed by atoms with Crippen LogP contribution in [0.5, 0.6) is 0 Å². The van der Waals surface area contributed by atoms with Gasteiger partial charge in [-0.15, -0.1) is 0 Å². The second-order valence-electron chi connectivity index (χ2n) is 3.77. The van der Waals surface area contributed by atoms with E-state index in [4.69, 9.17) is 0 Å². The van der Waals surface area contributed by atoms with Gasteiger partial charge in [-0.25, -0.2) is 4.39 Å². The average Bonchev–Trinajstić information content (AvgIpc) is 2.79. The number of rotatable bonds is 3. The van der Waals surface area contributed by atoms with Crippen molar-refractivity contribution in [3.05, 3.63) is 53.6 Å². The predicted molar refractivity (Wildman–Crippen MR) is 59.5 cm³/mol. The zero-order chi connectivity index (χ0) is 13.2. The molecular formula is C12H10F4N2. The van der Waals surface area contributed by atoms with E-state index in [1.54, 1.807) is 18.5 Å². The molecule has 0 atom stereocenters. The molecule has 0 spiro atoms. The molecule has 0 aliphatic rings. The minimum Gasteiger partial charge on any atom is -0.379 e. The molecule has 96 valence electrons. The standard InChI is InChI=1S/C12H10F4N2/c13-10-2-1-9(12(14,15)16)5-11(10)18-7-8-3-4-17-6-8/h1-6,17-18H,7H2. The van der Waals surface area contributed by atoms with Crippen molar-refractivity contribution in [2.45, 2.75) is 12.7 Å². The summed E-state index contributed by atoms with van der Waals surface area (Å²) in [5, 5.41) is 2.63. The summed E-state index contributed by atoms with van der Waals surface area (Å²) >= 11 is 0. The number of benzene rings is 1. The molecule has 0 radical (unpaired) electrons. The molecule has 1 aromatic carbocycles. The maximum Gasteiger partial charge on any atom is 0.416 e. The van der Waals surface area contributed by atoms with Crippen molar-refractivity contribution in [2.75, 3.05) is 5.32 Å². The minimum atomic E-state index is -4.47. The molecule has 2 aromatic rings. The zero-order valence-electron chi connectivity index (χ0n) is 9.18. The van der Waals surface area contributed by atoms with E-state index < -0.39 is 17.6 Å². The van der Waals surface area contributed by atoms with Crippen LogP contribution in [0.15, 0.2) is 36.7 Å². The smallest absolute Gasteiger partial charge is 0.379 e. The Morgan fingerprint density at radius 3 is 2.56 bits per heavy atom. The van der Waals surface area contributed by atoms with Crippen molar-refractivity contribution in [1.82, 2.24) is 4.98 Å². The van der Waals surface area contributed by atoms with E-state index in [-0.39, 0.29) is 12.2 Å². The Morgan fingerprint density at radius 1 is 1.17 bits per heavy atom. The normalized spacial score (nSPS) is 11.6. The third kappa shape index (κ3) is 2.82. The lowest BCUT2D eigenvalue weighted by atomic mass is 10.2. The molecule has 0 fully saturated rings. The van der Waals surface area contributed by atoms with E-state index in [0.29, 0.717) is 0 Å². The summed E-state index contributed by atoms with van der Waals surface area (Å²) in [7, 11) is 0. The van der Waals surface area contributed by atoms with Crippen molar-refractivity contribution >= 4 is 5.69 Å². The summed E-state index contributed by atoms with van der Waals surface area (Å²) in [4.78, 5) is 2.80. The maximum absolute atomic E-state index is 13.3.